The molecule has 6 nitrogen and oxygen atoms in total. The van der Waals surface area contributed by atoms with Crippen LogP contribution in [0, 0.1) is 12.7 Å². The number of nitrogens with zero attached hydrogens (tertiary/aromatic N) is 1. The summed E-state index contributed by atoms with van der Waals surface area (Å²) < 4.78 is 13.1. The molecule has 4 heterocycles. The van der Waals surface area contributed by atoms with Gasteiger partial charge in [-0.1, -0.05) is 19.1 Å². The molecular formula is C31H35FN4O2S. The monoisotopic (exact) mass is 546 g/mol. The first-order chi connectivity index (χ1) is 18.9. The summed E-state index contributed by atoms with van der Waals surface area (Å²) in [5.41, 5.74) is 6.48. The molecule has 3 N–H and O–H groups in total. The van der Waals surface area contributed by atoms with Gasteiger partial charge in [-0.2, -0.15) is 0 Å². The number of fused-ring (bicyclic) bond motifs is 2. The predicted molar refractivity (Wildman–Crippen MR) is 156 cm³/mol. The van der Waals surface area contributed by atoms with Gasteiger partial charge in [-0.3, -0.25) is 9.59 Å². The Bertz CT molecular complexity index is 1390. The number of halogens is 1. The number of rotatable bonds is 5. The SMILES string of the molecule is CCN1CCCC1.Cc1c(/C=C2\C(=O)Nc3ccc(SCc4ccc(F)cc4)cc32)[nH]c2c1C(=O)NCCC2. The van der Waals surface area contributed by atoms with Crippen LogP contribution in [0.3, 0.4) is 0 Å². The minimum absolute atomic E-state index is 0.0633. The fraction of sp³-hybridized carbons (Fsp3) is 0.355. The van der Waals surface area contributed by atoms with Gasteiger partial charge in [0.25, 0.3) is 11.8 Å². The van der Waals surface area contributed by atoms with Gasteiger partial charge in [-0.25, -0.2) is 4.39 Å². The van der Waals surface area contributed by atoms with E-state index in [-0.39, 0.29) is 17.6 Å². The third-order valence-corrected chi connectivity index (χ3v) is 8.57. The molecule has 3 aliphatic heterocycles. The summed E-state index contributed by atoms with van der Waals surface area (Å²) in [6.07, 6.45) is 6.37. The number of amides is 2. The highest BCUT2D eigenvalue weighted by Crippen LogP contribution is 2.37. The third kappa shape index (κ3) is 6.28. The molecule has 204 valence electrons. The quantitative estimate of drug-likeness (QED) is 0.270. The van der Waals surface area contributed by atoms with Crippen LogP contribution < -0.4 is 10.6 Å². The lowest BCUT2D eigenvalue weighted by Crippen LogP contribution is -2.22. The number of nitrogens with one attached hydrogen (secondary N) is 3. The molecule has 3 aliphatic rings. The van der Waals surface area contributed by atoms with Gasteiger partial charge in [0.15, 0.2) is 0 Å². The van der Waals surface area contributed by atoms with Crippen LogP contribution in [0.2, 0.25) is 0 Å². The lowest BCUT2D eigenvalue weighted by atomic mass is 10.0. The van der Waals surface area contributed by atoms with Crippen LogP contribution in [-0.2, 0) is 17.0 Å². The van der Waals surface area contributed by atoms with E-state index in [1.807, 2.05) is 31.2 Å². The Balaban J connectivity index is 0.000000384. The molecule has 1 aromatic heterocycles. The second-order valence-electron chi connectivity index (χ2n) is 10.2. The zero-order valence-electron chi connectivity index (χ0n) is 22.5. The largest absolute Gasteiger partial charge is 0.358 e. The second kappa shape index (κ2) is 12.2. The van der Waals surface area contributed by atoms with Gasteiger partial charge < -0.3 is 20.5 Å². The van der Waals surface area contributed by atoms with E-state index in [1.54, 1.807) is 23.9 Å². The van der Waals surface area contributed by atoms with Gasteiger partial charge in [0.2, 0.25) is 0 Å². The number of aryl methyl sites for hydroxylation is 1. The van der Waals surface area contributed by atoms with Crippen molar-refractivity contribution in [3.8, 4) is 0 Å². The standard InChI is InChI=1S/C25H22FN3O2S.C6H13N/c1-14-22(28-21-3-2-10-27-25(31)23(14)21)12-19-18-11-17(8-9-20(18)29-24(19)30)32-13-15-4-6-16(26)7-5-15;1-2-7-5-3-4-6-7/h4-9,11-12,28H,2-3,10,13H2,1H3,(H,27,31)(H,29,30);2-6H2,1H3/b19-12-;. The number of H-pyrrole nitrogens is 1. The minimum atomic E-state index is -0.245. The molecular weight excluding hydrogens is 511 g/mol. The highest BCUT2D eigenvalue weighted by Gasteiger charge is 2.27. The number of carbonyl (C=O) groups excluding carboxylic acids is 2. The molecule has 0 atom stereocenters. The van der Waals surface area contributed by atoms with Crippen molar-refractivity contribution in [2.75, 3.05) is 31.5 Å². The molecule has 0 bridgehead atoms. The van der Waals surface area contributed by atoms with Crippen molar-refractivity contribution in [2.45, 2.75) is 50.2 Å². The van der Waals surface area contributed by atoms with E-state index in [1.165, 1.54) is 44.6 Å². The van der Waals surface area contributed by atoms with E-state index < -0.39 is 0 Å². The lowest BCUT2D eigenvalue weighted by Gasteiger charge is -2.08. The van der Waals surface area contributed by atoms with Crippen LogP contribution >= 0.6 is 11.8 Å². The number of carbonyl (C=O) groups is 2. The number of aromatic amines is 1. The van der Waals surface area contributed by atoms with Crippen LogP contribution in [0.1, 0.15) is 64.6 Å². The Kier molecular flexibility index (Phi) is 8.53. The summed E-state index contributed by atoms with van der Waals surface area (Å²) >= 11 is 1.63. The maximum Gasteiger partial charge on any atom is 0.256 e. The molecule has 1 saturated heterocycles. The Hall–Kier alpha value is -3.36. The Morgan fingerprint density at radius 3 is 2.51 bits per heavy atom. The first-order valence-electron chi connectivity index (χ1n) is 13.7. The summed E-state index contributed by atoms with van der Waals surface area (Å²) in [7, 11) is 0. The third-order valence-electron chi connectivity index (χ3n) is 7.51. The maximum absolute atomic E-state index is 13.1. The van der Waals surface area contributed by atoms with E-state index in [4.69, 9.17) is 0 Å². The minimum Gasteiger partial charge on any atom is -0.358 e. The van der Waals surface area contributed by atoms with Gasteiger partial charge in [0, 0.05) is 39.8 Å². The highest BCUT2D eigenvalue weighted by atomic mass is 32.2. The van der Waals surface area contributed by atoms with Crippen molar-refractivity contribution in [3.63, 3.8) is 0 Å². The fourth-order valence-electron chi connectivity index (χ4n) is 5.27. The van der Waals surface area contributed by atoms with Crippen LogP contribution in [-0.4, -0.2) is 47.9 Å². The topological polar surface area (TPSA) is 77.2 Å². The first-order valence-corrected chi connectivity index (χ1v) is 14.7. The second-order valence-corrected chi connectivity index (χ2v) is 11.2. The molecule has 6 rings (SSSR count). The first kappa shape index (κ1) is 27.2. The molecule has 2 aromatic carbocycles. The number of aromatic nitrogens is 1. The summed E-state index contributed by atoms with van der Waals surface area (Å²) in [4.78, 5) is 32.0. The van der Waals surface area contributed by atoms with Crippen molar-refractivity contribution in [3.05, 3.63) is 81.9 Å². The van der Waals surface area contributed by atoms with Gasteiger partial charge in [0.1, 0.15) is 5.82 Å². The van der Waals surface area contributed by atoms with Crippen molar-refractivity contribution >= 4 is 40.9 Å². The number of likely N-dealkylation sites (tertiary alicyclic amines) is 1. The van der Waals surface area contributed by atoms with Crippen molar-refractivity contribution in [2.24, 2.45) is 0 Å². The van der Waals surface area contributed by atoms with E-state index in [9.17, 15) is 14.0 Å². The van der Waals surface area contributed by atoms with Crippen molar-refractivity contribution in [1.29, 1.82) is 0 Å². The molecule has 1 fully saturated rings. The van der Waals surface area contributed by atoms with E-state index in [0.29, 0.717) is 23.4 Å². The number of benzene rings is 2. The molecule has 8 heteroatoms. The van der Waals surface area contributed by atoms with E-state index in [0.717, 1.165) is 51.5 Å². The molecule has 0 unspecified atom stereocenters. The smallest absolute Gasteiger partial charge is 0.256 e. The molecule has 0 aliphatic carbocycles. The predicted octanol–water partition coefficient (Wildman–Crippen LogP) is 6.03. The molecule has 3 aromatic rings. The summed E-state index contributed by atoms with van der Waals surface area (Å²) in [5.74, 6) is 0.239. The average Bonchev–Trinajstić information content (AvgIpc) is 3.62. The lowest BCUT2D eigenvalue weighted by molar-refractivity contribution is -0.110. The van der Waals surface area contributed by atoms with Gasteiger partial charge in [-0.15, -0.1) is 11.8 Å². The van der Waals surface area contributed by atoms with Gasteiger partial charge in [0.05, 0.1) is 11.1 Å². The molecule has 39 heavy (non-hydrogen) atoms. The average molecular weight is 547 g/mol. The van der Waals surface area contributed by atoms with Crippen molar-refractivity contribution in [1.82, 2.24) is 15.2 Å². The zero-order chi connectivity index (χ0) is 27.4. The van der Waals surface area contributed by atoms with E-state index in [2.05, 4.69) is 27.4 Å². The Morgan fingerprint density at radius 2 is 1.79 bits per heavy atom. The molecule has 0 spiro atoms. The van der Waals surface area contributed by atoms with Crippen LogP contribution in [0.5, 0.6) is 0 Å². The summed E-state index contributed by atoms with van der Waals surface area (Å²) in [5, 5.41) is 5.85. The zero-order valence-corrected chi connectivity index (χ0v) is 23.3. The van der Waals surface area contributed by atoms with E-state index >= 15 is 0 Å². The Morgan fingerprint density at radius 1 is 1.03 bits per heavy atom. The summed E-state index contributed by atoms with van der Waals surface area (Å²) in [6.45, 7) is 8.75. The van der Waals surface area contributed by atoms with Crippen LogP contribution in [0.15, 0.2) is 47.4 Å². The Labute approximate surface area is 233 Å². The fourth-order valence-corrected chi connectivity index (χ4v) is 6.16. The normalized spacial score (nSPS) is 17.7. The number of hydrogen-bond acceptors (Lipinski definition) is 4. The van der Waals surface area contributed by atoms with Gasteiger partial charge in [-0.05, 0) is 99.8 Å². The molecule has 0 radical (unpaired) electrons. The molecule has 2 amide bonds. The number of anilines is 1. The molecule has 0 saturated carbocycles. The highest BCUT2D eigenvalue weighted by molar-refractivity contribution is 7.98. The van der Waals surface area contributed by atoms with Gasteiger partial charge >= 0.3 is 0 Å². The summed E-state index contributed by atoms with van der Waals surface area (Å²) in [6, 6.07) is 12.4. The number of thioether (sulfide) groups is 1. The maximum atomic E-state index is 13.1. The van der Waals surface area contributed by atoms with Crippen LogP contribution in [0.4, 0.5) is 10.1 Å². The van der Waals surface area contributed by atoms with Crippen molar-refractivity contribution < 1.29 is 14.0 Å². The number of hydrogen-bond donors (Lipinski definition) is 3. The van der Waals surface area contributed by atoms with Crippen LogP contribution in [0.25, 0.3) is 11.6 Å².